The fraction of sp³-hybridized carbons (Fsp3) is 0.269. The van der Waals surface area contributed by atoms with Gasteiger partial charge in [0.2, 0.25) is 0 Å². The van der Waals surface area contributed by atoms with Crippen molar-refractivity contribution in [2.75, 3.05) is 27.9 Å². The first kappa shape index (κ1) is 27.2. The van der Waals surface area contributed by atoms with Crippen LogP contribution in [0.25, 0.3) is 6.08 Å². The van der Waals surface area contributed by atoms with E-state index in [9.17, 15) is 9.59 Å². The lowest BCUT2D eigenvalue weighted by atomic mass is 9.96. The number of thiazole rings is 1. The Labute approximate surface area is 234 Å². The summed E-state index contributed by atoms with van der Waals surface area (Å²) < 4.78 is 25.0. The molecular formula is C26H24Br2N2O6S. The van der Waals surface area contributed by atoms with Crippen molar-refractivity contribution in [1.29, 1.82) is 0 Å². The lowest BCUT2D eigenvalue weighted by molar-refractivity contribution is -0.139. The van der Waals surface area contributed by atoms with Gasteiger partial charge in [0.1, 0.15) is 17.2 Å². The Morgan fingerprint density at radius 1 is 1.05 bits per heavy atom. The van der Waals surface area contributed by atoms with Crippen LogP contribution in [0.5, 0.6) is 17.2 Å². The Bertz CT molecular complexity index is 1590. The van der Waals surface area contributed by atoms with Crippen LogP contribution in [-0.2, 0) is 9.53 Å². The van der Waals surface area contributed by atoms with Crippen LogP contribution < -0.4 is 29.1 Å². The summed E-state index contributed by atoms with van der Waals surface area (Å²) in [6, 6.07) is 8.28. The highest BCUT2D eigenvalue weighted by Gasteiger charge is 2.33. The third-order valence-electron chi connectivity index (χ3n) is 5.80. The second-order valence-electron chi connectivity index (χ2n) is 7.92. The molecule has 1 aliphatic heterocycles. The number of benzene rings is 2. The van der Waals surface area contributed by atoms with Gasteiger partial charge < -0.3 is 18.9 Å². The topological polar surface area (TPSA) is 88.4 Å². The van der Waals surface area contributed by atoms with Gasteiger partial charge in [0.25, 0.3) is 5.56 Å². The molecule has 1 atom stereocenters. The molecular weight excluding hydrogens is 628 g/mol. The van der Waals surface area contributed by atoms with Crippen LogP contribution in [0, 0.1) is 0 Å². The molecule has 2 aromatic carbocycles. The van der Waals surface area contributed by atoms with Crippen LogP contribution in [0.1, 0.15) is 31.0 Å². The smallest absolute Gasteiger partial charge is 0.338 e. The van der Waals surface area contributed by atoms with Gasteiger partial charge in [-0.3, -0.25) is 9.36 Å². The van der Waals surface area contributed by atoms with Crippen molar-refractivity contribution < 1.29 is 23.7 Å². The minimum Gasteiger partial charge on any atom is -0.496 e. The fourth-order valence-corrected chi connectivity index (χ4v) is 6.22. The number of ether oxygens (including phenoxy) is 4. The van der Waals surface area contributed by atoms with Crippen molar-refractivity contribution in [2.24, 2.45) is 4.99 Å². The summed E-state index contributed by atoms with van der Waals surface area (Å²) >= 11 is 8.25. The number of methoxy groups -OCH3 is 3. The molecule has 0 amide bonds. The quantitative estimate of drug-likeness (QED) is 0.353. The minimum absolute atomic E-state index is 0.200. The van der Waals surface area contributed by atoms with Crippen LogP contribution in [0.15, 0.2) is 60.3 Å². The van der Waals surface area contributed by atoms with Crippen molar-refractivity contribution in [2.45, 2.75) is 19.9 Å². The van der Waals surface area contributed by atoms with Crippen molar-refractivity contribution in [3.05, 3.63) is 81.4 Å². The summed E-state index contributed by atoms with van der Waals surface area (Å²) in [5, 5.41) is 0. The summed E-state index contributed by atoms with van der Waals surface area (Å²) in [4.78, 5) is 32.0. The van der Waals surface area contributed by atoms with Gasteiger partial charge in [-0.05, 0) is 75.5 Å². The molecule has 0 saturated carbocycles. The maximum absolute atomic E-state index is 13.8. The van der Waals surface area contributed by atoms with Gasteiger partial charge in [-0.1, -0.05) is 17.4 Å². The first-order valence-corrected chi connectivity index (χ1v) is 13.6. The average molecular weight is 652 g/mol. The van der Waals surface area contributed by atoms with Gasteiger partial charge in [0.05, 0.1) is 58.7 Å². The number of hydrogen-bond acceptors (Lipinski definition) is 8. The number of rotatable bonds is 7. The van der Waals surface area contributed by atoms with E-state index >= 15 is 0 Å². The summed E-state index contributed by atoms with van der Waals surface area (Å²) in [6.45, 7) is 3.69. The number of allylic oxidation sites excluding steroid dienone is 1. The van der Waals surface area contributed by atoms with Crippen molar-refractivity contribution >= 4 is 55.2 Å². The second kappa shape index (κ2) is 11.2. The van der Waals surface area contributed by atoms with E-state index in [4.69, 9.17) is 18.9 Å². The van der Waals surface area contributed by atoms with E-state index in [1.54, 1.807) is 53.4 Å². The van der Waals surface area contributed by atoms with E-state index in [1.165, 1.54) is 15.9 Å². The first-order valence-electron chi connectivity index (χ1n) is 11.2. The van der Waals surface area contributed by atoms with E-state index in [2.05, 4.69) is 36.9 Å². The average Bonchev–Trinajstić information content (AvgIpc) is 3.17. The molecule has 0 N–H and O–H groups in total. The lowest BCUT2D eigenvalue weighted by Gasteiger charge is -2.25. The zero-order valence-corrected chi connectivity index (χ0v) is 24.7. The van der Waals surface area contributed by atoms with Crippen molar-refractivity contribution in [1.82, 2.24) is 4.57 Å². The van der Waals surface area contributed by atoms with E-state index in [1.807, 2.05) is 18.2 Å². The Kier molecular flexibility index (Phi) is 8.25. The number of halogens is 2. The SMILES string of the molecule is CCOC(=O)C1=C(C)N=c2s/c(=C/c3cc(Br)c(OC)cc3OC)c(=O)n2[C@@H]1c1ccc(OC)c(Br)c1. The predicted octanol–water partition coefficient (Wildman–Crippen LogP) is 4.35. The highest BCUT2D eigenvalue weighted by Crippen LogP contribution is 2.35. The van der Waals surface area contributed by atoms with Gasteiger partial charge in [-0.15, -0.1) is 0 Å². The van der Waals surface area contributed by atoms with Crippen molar-refractivity contribution in [3.8, 4) is 17.2 Å². The van der Waals surface area contributed by atoms with Gasteiger partial charge in [-0.25, -0.2) is 9.79 Å². The Hall–Kier alpha value is -2.89. The molecule has 8 nitrogen and oxygen atoms in total. The van der Waals surface area contributed by atoms with E-state index in [-0.39, 0.29) is 12.2 Å². The largest absolute Gasteiger partial charge is 0.496 e. The zero-order valence-electron chi connectivity index (χ0n) is 20.8. The summed E-state index contributed by atoms with van der Waals surface area (Å²) in [6.07, 6.45) is 1.75. The highest BCUT2D eigenvalue weighted by molar-refractivity contribution is 9.10. The van der Waals surface area contributed by atoms with Crippen LogP contribution in [-0.4, -0.2) is 38.5 Å². The first-order chi connectivity index (χ1) is 17.7. The molecule has 37 heavy (non-hydrogen) atoms. The van der Waals surface area contributed by atoms with Crippen LogP contribution in [0.2, 0.25) is 0 Å². The molecule has 2 heterocycles. The normalized spacial score (nSPS) is 15.2. The van der Waals surface area contributed by atoms with Crippen LogP contribution >= 0.6 is 43.2 Å². The molecule has 1 aromatic heterocycles. The molecule has 0 saturated heterocycles. The fourth-order valence-electron chi connectivity index (χ4n) is 4.10. The molecule has 1 aliphatic rings. The number of nitrogens with zero attached hydrogens (tertiary/aromatic N) is 2. The molecule has 0 unspecified atom stereocenters. The van der Waals surface area contributed by atoms with E-state index in [0.717, 1.165) is 4.47 Å². The summed E-state index contributed by atoms with van der Waals surface area (Å²) in [7, 11) is 4.69. The molecule has 194 valence electrons. The number of hydrogen-bond donors (Lipinski definition) is 0. The van der Waals surface area contributed by atoms with E-state index < -0.39 is 12.0 Å². The molecule has 0 fully saturated rings. The molecule has 0 radical (unpaired) electrons. The third kappa shape index (κ3) is 5.12. The number of aromatic nitrogens is 1. The highest BCUT2D eigenvalue weighted by atomic mass is 79.9. The lowest BCUT2D eigenvalue weighted by Crippen LogP contribution is -2.40. The number of carbonyl (C=O) groups excluding carboxylic acids is 1. The Balaban J connectivity index is 1.97. The van der Waals surface area contributed by atoms with Gasteiger partial charge in [-0.2, -0.15) is 0 Å². The minimum atomic E-state index is -0.732. The summed E-state index contributed by atoms with van der Waals surface area (Å²) in [5.41, 5.74) is 1.91. The molecule has 4 rings (SSSR count). The monoisotopic (exact) mass is 650 g/mol. The zero-order chi connectivity index (χ0) is 26.9. The maximum Gasteiger partial charge on any atom is 0.338 e. The Morgan fingerprint density at radius 3 is 2.35 bits per heavy atom. The van der Waals surface area contributed by atoms with Crippen LogP contribution in [0.3, 0.4) is 0 Å². The van der Waals surface area contributed by atoms with E-state index in [0.29, 0.717) is 53.5 Å². The molecule has 0 aliphatic carbocycles. The number of esters is 1. The second-order valence-corrected chi connectivity index (χ2v) is 10.6. The molecule has 3 aromatic rings. The molecule has 0 spiro atoms. The van der Waals surface area contributed by atoms with Gasteiger partial charge >= 0.3 is 5.97 Å². The van der Waals surface area contributed by atoms with Gasteiger partial charge in [0.15, 0.2) is 4.80 Å². The molecule has 11 heteroatoms. The number of carbonyl (C=O) groups is 1. The molecule has 0 bridgehead atoms. The van der Waals surface area contributed by atoms with Crippen molar-refractivity contribution in [3.63, 3.8) is 0 Å². The summed E-state index contributed by atoms with van der Waals surface area (Å²) in [5.74, 6) is 1.27. The van der Waals surface area contributed by atoms with Gasteiger partial charge in [0, 0.05) is 11.6 Å². The van der Waals surface area contributed by atoms with Crippen LogP contribution in [0.4, 0.5) is 0 Å². The third-order valence-corrected chi connectivity index (χ3v) is 8.02. The predicted molar refractivity (Wildman–Crippen MR) is 148 cm³/mol. The Morgan fingerprint density at radius 2 is 1.73 bits per heavy atom. The maximum atomic E-state index is 13.8. The standard InChI is InChI=1S/C26H24Br2N2O6S/c1-6-36-25(32)22-13(2)29-26-30(23(22)14-7-8-18(33-3)16(27)9-14)24(31)21(37-26)11-15-10-17(28)20(35-5)12-19(15)34-4/h7-12,23H,6H2,1-5H3/b21-11+/t23-/m1/s1. The number of fused-ring (bicyclic) bond motifs is 1.